The van der Waals surface area contributed by atoms with Gasteiger partial charge in [0.05, 0.1) is 23.3 Å². The van der Waals surface area contributed by atoms with Crippen LogP contribution in [0.3, 0.4) is 0 Å². The Morgan fingerprint density at radius 2 is 2.33 bits per heavy atom. The summed E-state index contributed by atoms with van der Waals surface area (Å²) >= 11 is 0. The van der Waals surface area contributed by atoms with E-state index in [1.165, 1.54) is 0 Å². The summed E-state index contributed by atoms with van der Waals surface area (Å²) in [7, 11) is 0. The van der Waals surface area contributed by atoms with Gasteiger partial charge in [0.25, 0.3) is 0 Å². The van der Waals surface area contributed by atoms with E-state index < -0.39 is 0 Å². The first-order valence-corrected chi connectivity index (χ1v) is 6.47. The summed E-state index contributed by atoms with van der Waals surface area (Å²) in [4.78, 5) is 0. The first-order chi connectivity index (χ1) is 8.59. The van der Waals surface area contributed by atoms with E-state index in [1.54, 1.807) is 0 Å². The quantitative estimate of drug-likeness (QED) is 0.885. The predicted molar refractivity (Wildman–Crippen MR) is 71.0 cm³/mol. The average Bonchev–Trinajstić information content (AvgIpc) is 2.69. The van der Waals surface area contributed by atoms with Gasteiger partial charge in [-0.05, 0) is 44.4 Å². The molecule has 3 nitrogen and oxygen atoms in total. The molecule has 1 aliphatic rings. The molecule has 18 heavy (non-hydrogen) atoms. The van der Waals surface area contributed by atoms with Crippen molar-refractivity contribution in [1.82, 2.24) is 5.32 Å². The van der Waals surface area contributed by atoms with Crippen LogP contribution in [-0.2, 0) is 11.3 Å². The van der Waals surface area contributed by atoms with Gasteiger partial charge in [-0.3, -0.25) is 0 Å². The fourth-order valence-electron chi connectivity index (χ4n) is 2.35. The Bertz CT molecular complexity index is 448. The maximum atomic E-state index is 8.83. The SMILES string of the molecule is CC1(C)CCC(CNCc2cccc(C#N)c2)O1. The first kappa shape index (κ1) is 13.1. The third-order valence-electron chi connectivity index (χ3n) is 3.31. The second-order valence-corrected chi connectivity index (χ2v) is 5.48. The number of benzene rings is 1. The number of ether oxygens (including phenoxy) is 1. The van der Waals surface area contributed by atoms with Crippen LogP contribution in [0.1, 0.15) is 37.8 Å². The van der Waals surface area contributed by atoms with Crippen LogP contribution in [0, 0.1) is 11.3 Å². The largest absolute Gasteiger partial charge is 0.371 e. The van der Waals surface area contributed by atoms with Crippen molar-refractivity contribution in [3.63, 3.8) is 0 Å². The molecule has 2 rings (SSSR count). The number of hydrogen-bond donors (Lipinski definition) is 1. The van der Waals surface area contributed by atoms with E-state index >= 15 is 0 Å². The number of nitrogens with zero attached hydrogens (tertiary/aromatic N) is 1. The molecule has 1 saturated heterocycles. The second-order valence-electron chi connectivity index (χ2n) is 5.48. The lowest BCUT2D eigenvalue weighted by Crippen LogP contribution is -2.29. The molecule has 1 N–H and O–H groups in total. The zero-order valence-corrected chi connectivity index (χ0v) is 11.1. The van der Waals surface area contributed by atoms with Crippen LogP contribution in [0.4, 0.5) is 0 Å². The van der Waals surface area contributed by atoms with Crippen molar-refractivity contribution < 1.29 is 4.74 Å². The summed E-state index contributed by atoms with van der Waals surface area (Å²) in [5, 5.41) is 12.2. The van der Waals surface area contributed by atoms with E-state index in [-0.39, 0.29) is 5.60 Å². The van der Waals surface area contributed by atoms with Crippen molar-refractivity contribution in [2.75, 3.05) is 6.54 Å². The maximum absolute atomic E-state index is 8.83. The normalized spacial score (nSPS) is 21.7. The van der Waals surface area contributed by atoms with Crippen molar-refractivity contribution in [1.29, 1.82) is 5.26 Å². The highest BCUT2D eigenvalue weighted by atomic mass is 16.5. The Labute approximate surface area is 109 Å². The lowest BCUT2D eigenvalue weighted by atomic mass is 10.1. The minimum atomic E-state index is 0.0348. The lowest BCUT2D eigenvalue weighted by molar-refractivity contribution is -0.0142. The number of rotatable bonds is 4. The molecule has 1 aromatic rings. The minimum absolute atomic E-state index is 0.0348. The van der Waals surface area contributed by atoms with Crippen LogP contribution in [-0.4, -0.2) is 18.2 Å². The maximum Gasteiger partial charge on any atom is 0.0991 e. The fourth-order valence-corrected chi connectivity index (χ4v) is 2.35. The van der Waals surface area contributed by atoms with E-state index in [2.05, 4.69) is 25.2 Å². The molecule has 0 saturated carbocycles. The molecule has 0 amide bonds. The Hall–Kier alpha value is -1.37. The van der Waals surface area contributed by atoms with E-state index in [4.69, 9.17) is 10.00 Å². The summed E-state index contributed by atoms with van der Waals surface area (Å²) in [5.74, 6) is 0. The van der Waals surface area contributed by atoms with Crippen LogP contribution in [0.2, 0.25) is 0 Å². The standard InChI is InChI=1S/C15H20N2O/c1-15(2)7-6-14(18-15)11-17-10-13-5-3-4-12(8-13)9-16/h3-5,8,14,17H,6-7,10-11H2,1-2H3. The molecule has 0 bridgehead atoms. The van der Waals surface area contributed by atoms with E-state index in [9.17, 15) is 0 Å². The molecule has 0 radical (unpaired) electrons. The van der Waals surface area contributed by atoms with Crippen molar-refractivity contribution in [3.05, 3.63) is 35.4 Å². The summed E-state index contributed by atoms with van der Waals surface area (Å²) in [6, 6.07) is 9.86. The van der Waals surface area contributed by atoms with E-state index in [0.717, 1.165) is 31.5 Å². The van der Waals surface area contributed by atoms with Crippen LogP contribution in [0.25, 0.3) is 0 Å². The summed E-state index contributed by atoms with van der Waals surface area (Å²) < 4.78 is 5.92. The van der Waals surface area contributed by atoms with Crippen LogP contribution >= 0.6 is 0 Å². The number of nitrogens with one attached hydrogen (secondary N) is 1. The smallest absolute Gasteiger partial charge is 0.0991 e. The molecule has 1 heterocycles. The first-order valence-electron chi connectivity index (χ1n) is 6.47. The van der Waals surface area contributed by atoms with Gasteiger partial charge in [0.2, 0.25) is 0 Å². The predicted octanol–water partition coefficient (Wildman–Crippen LogP) is 2.61. The Balaban J connectivity index is 1.77. The Morgan fingerprint density at radius 1 is 1.50 bits per heavy atom. The van der Waals surface area contributed by atoms with Gasteiger partial charge in [-0.2, -0.15) is 5.26 Å². The highest BCUT2D eigenvalue weighted by Crippen LogP contribution is 2.28. The third kappa shape index (κ3) is 3.56. The van der Waals surface area contributed by atoms with E-state index in [1.807, 2.05) is 24.3 Å². The molecule has 0 aliphatic carbocycles. The molecule has 96 valence electrons. The molecule has 0 aromatic heterocycles. The highest BCUT2D eigenvalue weighted by Gasteiger charge is 2.30. The summed E-state index contributed by atoms with van der Waals surface area (Å²) in [6.45, 7) is 5.95. The lowest BCUT2D eigenvalue weighted by Gasteiger charge is -2.19. The van der Waals surface area contributed by atoms with Gasteiger partial charge < -0.3 is 10.1 Å². The molecule has 0 spiro atoms. The molecule has 3 heteroatoms. The summed E-state index contributed by atoms with van der Waals surface area (Å²) in [5.41, 5.74) is 1.89. The zero-order valence-electron chi connectivity index (χ0n) is 11.1. The van der Waals surface area contributed by atoms with Gasteiger partial charge in [-0.1, -0.05) is 12.1 Å². The number of hydrogen-bond acceptors (Lipinski definition) is 3. The molecule has 1 unspecified atom stereocenters. The van der Waals surface area contributed by atoms with Gasteiger partial charge in [0, 0.05) is 13.1 Å². The van der Waals surface area contributed by atoms with Crippen LogP contribution in [0.15, 0.2) is 24.3 Å². The molecular weight excluding hydrogens is 224 g/mol. The van der Waals surface area contributed by atoms with Crippen molar-refractivity contribution in [2.24, 2.45) is 0 Å². The van der Waals surface area contributed by atoms with Crippen LogP contribution < -0.4 is 5.32 Å². The van der Waals surface area contributed by atoms with Crippen molar-refractivity contribution in [3.8, 4) is 6.07 Å². The van der Waals surface area contributed by atoms with Gasteiger partial charge in [-0.25, -0.2) is 0 Å². The van der Waals surface area contributed by atoms with Gasteiger partial charge in [0.15, 0.2) is 0 Å². The van der Waals surface area contributed by atoms with Gasteiger partial charge >= 0.3 is 0 Å². The Kier molecular flexibility index (Phi) is 4.00. The molecular formula is C15H20N2O. The highest BCUT2D eigenvalue weighted by molar-refractivity contribution is 5.32. The topological polar surface area (TPSA) is 45.0 Å². The fraction of sp³-hybridized carbons (Fsp3) is 0.533. The van der Waals surface area contributed by atoms with Crippen molar-refractivity contribution >= 4 is 0 Å². The van der Waals surface area contributed by atoms with Gasteiger partial charge in [-0.15, -0.1) is 0 Å². The van der Waals surface area contributed by atoms with Crippen molar-refractivity contribution in [2.45, 2.75) is 44.9 Å². The second kappa shape index (κ2) is 5.51. The molecule has 1 aromatic carbocycles. The monoisotopic (exact) mass is 244 g/mol. The van der Waals surface area contributed by atoms with E-state index in [0.29, 0.717) is 11.7 Å². The van der Waals surface area contributed by atoms with Gasteiger partial charge in [0.1, 0.15) is 0 Å². The molecule has 1 aliphatic heterocycles. The minimum Gasteiger partial charge on any atom is -0.371 e. The molecule has 1 atom stereocenters. The Morgan fingerprint density at radius 3 is 3.00 bits per heavy atom. The molecule has 1 fully saturated rings. The summed E-state index contributed by atoms with van der Waals surface area (Å²) in [6.07, 6.45) is 2.57. The average molecular weight is 244 g/mol. The number of nitriles is 1. The third-order valence-corrected chi connectivity index (χ3v) is 3.31. The van der Waals surface area contributed by atoms with Crippen LogP contribution in [0.5, 0.6) is 0 Å². The zero-order chi connectivity index (χ0) is 13.0.